The molecule has 130 valence electrons. The molecule has 5 nitrogen and oxygen atoms in total. The molecule has 1 heterocycles. The van der Waals surface area contributed by atoms with Gasteiger partial charge in [0.25, 0.3) is 0 Å². The van der Waals surface area contributed by atoms with Crippen LogP contribution in [0.2, 0.25) is 0 Å². The van der Waals surface area contributed by atoms with E-state index in [9.17, 15) is 9.59 Å². The molecule has 1 aliphatic heterocycles. The molecule has 5 heteroatoms. The van der Waals surface area contributed by atoms with Gasteiger partial charge in [-0.05, 0) is 43.7 Å². The smallest absolute Gasteiger partial charge is 0.234 e. The number of hydrogen-bond acceptors (Lipinski definition) is 3. The van der Waals surface area contributed by atoms with Crippen molar-refractivity contribution in [3.8, 4) is 0 Å². The molecule has 1 saturated heterocycles. The lowest BCUT2D eigenvalue weighted by Crippen LogP contribution is -2.42. The van der Waals surface area contributed by atoms with Gasteiger partial charge in [-0.15, -0.1) is 0 Å². The largest absolute Gasteiger partial charge is 0.350 e. The van der Waals surface area contributed by atoms with Gasteiger partial charge in [-0.1, -0.05) is 30.3 Å². The highest BCUT2D eigenvalue weighted by Gasteiger charge is 2.27. The van der Waals surface area contributed by atoms with Crippen LogP contribution in [0.1, 0.15) is 31.2 Å². The minimum absolute atomic E-state index is 0.0410. The van der Waals surface area contributed by atoms with Crippen molar-refractivity contribution in [1.29, 1.82) is 0 Å². The molecule has 2 fully saturated rings. The van der Waals surface area contributed by atoms with Gasteiger partial charge in [0.1, 0.15) is 0 Å². The summed E-state index contributed by atoms with van der Waals surface area (Å²) in [6, 6.07) is 10.2. The van der Waals surface area contributed by atoms with Gasteiger partial charge in [-0.3, -0.25) is 9.59 Å². The highest BCUT2D eigenvalue weighted by Crippen LogP contribution is 2.27. The molecule has 1 aliphatic carbocycles. The molecule has 1 atom stereocenters. The summed E-state index contributed by atoms with van der Waals surface area (Å²) in [5.41, 5.74) is 1.19. The van der Waals surface area contributed by atoms with Gasteiger partial charge in [0.05, 0.1) is 6.54 Å². The van der Waals surface area contributed by atoms with E-state index in [-0.39, 0.29) is 17.9 Å². The number of nitrogens with zero attached hydrogens (tertiary/aromatic N) is 1. The van der Waals surface area contributed by atoms with Crippen molar-refractivity contribution in [2.75, 3.05) is 26.2 Å². The van der Waals surface area contributed by atoms with Crippen LogP contribution < -0.4 is 10.6 Å². The van der Waals surface area contributed by atoms with E-state index in [1.54, 1.807) is 0 Å². The standard InChI is InChI=1S/C19H27N3O2/c23-18(13-20-12-16-6-7-16)21-17-10-11-22(14-17)19(24)9-8-15-4-2-1-3-5-15/h1-5,16-17,20H,6-14H2,(H,21,23). The third-order valence-corrected chi connectivity index (χ3v) is 4.79. The molecule has 3 rings (SSSR count). The Hall–Kier alpha value is -1.88. The first-order valence-corrected chi connectivity index (χ1v) is 9.02. The first kappa shape index (κ1) is 17.0. The number of hydrogen-bond donors (Lipinski definition) is 2. The number of rotatable bonds is 8. The van der Waals surface area contributed by atoms with E-state index >= 15 is 0 Å². The van der Waals surface area contributed by atoms with Gasteiger partial charge in [-0.25, -0.2) is 0 Å². The lowest BCUT2D eigenvalue weighted by Gasteiger charge is -2.17. The second-order valence-corrected chi connectivity index (χ2v) is 6.95. The number of benzene rings is 1. The molecule has 0 radical (unpaired) electrons. The summed E-state index contributed by atoms with van der Waals surface area (Å²) >= 11 is 0. The SMILES string of the molecule is O=C(CNCC1CC1)NC1CCN(C(=O)CCc2ccccc2)C1. The fourth-order valence-corrected chi connectivity index (χ4v) is 3.15. The number of aryl methyl sites for hydroxylation is 1. The van der Waals surface area contributed by atoms with E-state index in [2.05, 4.69) is 22.8 Å². The van der Waals surface area contributed by atoms with Crippen LogP contribution in [0.4, 0.5) is 0 Å². The predicted octanol–water partition coefficient (Wildman–Crippen LogP) is 1.34. The Morgan fingerprint density at radius 1 is 1.12 bits per heavy atom. The van der Waals surface area contributed by atoms with Crippen molar-refractivity contribution in [1.82, 2.24) is 15.5 Å². The number of nitrogens with one attached hydrogen (secondary N) is 2. The maximum atomic E-state index is 12.3. The lowest BCUT2D eigenvalue weighted by molar-refractivity contribution is -0.130. The van der Waals surface area contributed by atoms with Gasteiger partial charge in [0.15, 0.2) is 0 Å². The molecule has 0 aromatic heterocycles. The number of carbonyl (C=O) groups is 2. The normalized spacial score (nSPS) is 20.2. The van der Waals surface area contributed by atoms with Crippen LogP contribution in [0.5, 0.6) is 0 Å². The maximum absolute atomic E-state index is 12.3. The van der Waals surface area contributed by atoms with Crippen LogP contribution >= 0.6 is 0 Å². The Bertz CT molecular complexity index is 557. The summed E-state index contributed by atoms with van der Waals surface area (Å²) in [6.07, 6.45) is 4.74. The molecule has 1 unspecified atom stereocenters. The van der Waals surface area contributed by atoms with E-state index in [4.69, 9.17) is 0 Å². The molecule has 1 saturated carbocycles. The fraction of sp³-hybridized carbons (Fsp3) is 0.579. The van der Waals surface area contributed by atoms with Crippen LogP contribution in [0.25, 0.3) is 0 Å². The second kappa shape index (κ2) is 8.29. The van der Waals surface area contributed by atoms with E-state index in [0.717, 1.165) is 31.8 Å². The van der Waals surface area contributed by atoms with Crippen LogP contribution in [0.15, 0.2) is 30.3 Å². The Kier molecular flexibility index (Phi) is 5.86. The van der Waals surface area contributed by atoms with Crippen molar-refractivity contribution in [2.45, 2.75) is 38.1 Å². The van der Waals surface area contributed by atoms with Gasteiger partial charge in [0.2, 0.25) is 11.8 Å². The van der Waals surface area contributed by atoms with Crippen molar-refractivity contribution >= 4 is 11.8 Å². The molecular formula is C19H27N3O2. The summed E-state index contributed by atoms with van der Waals surface area (Å²) in [4.78, 5) is 26.1. The van der Waals surface area contributed by atoms with Crippen molar-refractivity contribution in [3.63, 3.8) is 0 Å². The quantitative estimate of drug-likeness (QED) is 0.756. The van der Waals surface area contributed by atoms with Gasteiger partial charge in [-0.2, -0.15) is 0 Å². The Balaban J connectivity index is 1.33. The maximum Gasteiger partial charge on any atom is 0.234 e. The lowest BCUT2D eigenvalue weighted by atomic mass is 10.1. The number of amides is 2. The first-order valence-electron chi connectivity index (χ1n) is 9.02. The predicted molar refractivity (Wildman–Crippen MR) is 93.5 cm³/mol. The Morgan fingerprint density at radius 3 is 2.67 bits per heavy atom. The summed E-state index contributed by atoms with van der Waals surface area (Å²) in [7, 11) is 0. The van der Waals surface area contributed by atoms with Gasteiger partial charge in [0, 0.05) is 25.6 Å². The highest BCUT2D eigenvalue weighted by molar-refractivity contribution is 5.79. The Morgan fingerprint density at radius 2 is 1.92 bits per heavy atom. The van der Waals surface area contributed by atoms with Crippen LogP contribution in [-0.4, -0.2) is 48.9 Å². The van der Waals surface area contributed by atoms with E-state index in [1.807, 2.05) is 23.1 Å². The fourth-order valence-electron chi connectivity index (χ4n) is 3.15. The third-order valence-electron chi connectivity index (χ3n) is 4.79. The summed E-state index contributed by atoms with van der Waals surface area (Å²) in [5, 5.41) is 6.24. The summed E-state index contributed by atoms with van der Waals surface area (Å²) < 4.78 is 0. The zero-order valence-electron chi connectivity index (χ0n) is 14.2. The van der Waals surface area contributed by atoms with Crippen molar-refractivity contribution in [2.24, 2.45) is 5.92 Å². The number of carbonyl (C=O) groups excluding carboxylic acids is 2. The highest BCUT2D eigenvalue weighted by atomic mass is 16.2. The molecule has 2 amide bonds. The molecular weight excluding hydrogens is 302 g/mol. The third kappa shape index (κ3) is 5.34. The number of likely N-dealkylation sites (tertiary alicyclic amines) is 1. The summed E-state index contributed by atoms with van der Waals surface area (Å²) in [6.45, 7) is 2.72. The average Bonchev–Trinajstić information content (AvgIpc) is 3.30. The van der Waals surface area contributed by atoms with E-state index in [1.165, 1.54) is 18.4 Å². The van der Waals surface area contributed by atoms with Gasteiger partial charge >= 0.3 is 0 Å². The van der Waals surface area contributed by atoms with Gasteiger partial charge < -0.3 is 15.5 Å². The molecule has 2 aliphatic rings. The molecule has 1 aromatic rings. The topological polar surface area (TPSA) is 61.4 Å². The minimum Gasteiger partial charge on any atom is -0.350 e. The molecule has 0 spiro atoms. The zero-order chi connectivity index (χ0) is 16.8. The molecule has 0 bridgehead atoms. The van der Waals surface area contributed by atoms with Crippen LogP contribution in [-0.2, 0) is 16.0 Å². The molecule has 1 aromatic carbocycles. The zero-order valence-corrected chi connectivity index (χ0v) is 14.2. The van der Waals surface area contributed by atoms with Crippen LogP contribution in [0.3, 0.4) is 0 Å². The average molecular weight is 329 g/mol. The molecule has 2 N–H and O–H groups in total. The molecule has 24 heavy (non-hydrogen) atoms. The van der Waals surface area contributed by atoms with Crippen molar-refractivity contribution < 1.29 is 9.59 Å². The monoisotopic (exact) mass is 329 g/mol. The summed E-state index contributed by atoms with van der Waals surface area (Å²) in [5.74, 6) is 1.00. The minimum atomic E-state index is 0.0410. The van der Waals surface area contributed by atoms with Crippen LogP contribution in [0, 0.1) is 5.92 Å². The Labute approximate surface area is 143 Å². The second-order valence-electron chi connectivity index (χ2n) is 6.95. The van der Waals surface area contributed by atoms with E-state index in [0.29, 0.717) is 19.5 Å². The first-order chi connectivity index (χ1) is 11.7. The van der Waals surface area contributed by atoms with Crippen molar-refractivity contribution in [3.05, 3.63) is 35.9 Å². The van der Waals surface area contributed by atoms with E-state index < -0.39 is 0 Å².